The fourth-order valence-electron chi connectivity index (χ4n) is 2.53. The van der Waals surface area contributed by atoms with E-state index in [9.17, 15) is 19.5 Å². The number of aliphatic carboxylic acids is 1. The summed E-state index contributed by atoms with van der Waals surface area (Å²) in [5.74, 6) is -1.71. The van der Waals surface area contributed by atoms with Crippen LogP contribution in [0.5, 0.6) is 5.75 Å². The Kier molecular flexibility index (Phi) is 7.21. The van der Waals surface area contributed by atoms with Crippen molar-refractivity contribution in [2.75, 3.05) is 0 Å². The Balaban J connectivity index is 3.08. The van der Waals surface area contributed by atoms with E-state index in [-0.39, 0.29) is 12.2 Å². The maximum absolute atomic E-state index is 12.6. The summed E-state index contributed by atoms with van der Waals surface area (Å²) in [6.07, 6.45) is -0.658. The van der Waals surface area contributed by atoms with Crippen molar-refractivity contribution in [2.24, 2.45) is 0 Å². The molecule has 0 aromatic heterocycles. The summed E-state index contributed by atoms with van der Waals surface area (Å²) in [6.45, 7) is 9.99. The smallest absolute Gasteiger partial charge is 0.408 e. The van der Waals surface area contributed by atoms with E-state index in [0.29, 0.717) is 0 Å². The second-order valence-electron chi connectivity index (χ2n) is 7.53. The Labute approximate surface area is 158 Å². The van der Waals surface area contributed by atoms with Gasteiger partial charge in [-0.05, 0) is 70.4 Å². The van der Waals surface area contributed by atoms with Crippen molar-refractivity contribution in [2.45, 2.75) is 65.6 Å². The fourth-order valence-corrected chi connectivity index (χ4v) is 2.53. The van der Waals surface area contributed by atoms with Crippen LogP contribution >= 0.6 is 0 Å². The molecule has 0 bridgehead atoms. The Morgan fingerprint density at radius 1 is 1.11 bits per heavy atom. The highest BCUT2D eigenvalue weighted by atomic mass is 16.6. The fraction of sp³-hybridized carbons (Fsp3) is 0.526. The Hall–Kier alpha value is -2.77. The van der Waals surface area contributed by atoms with Gasteiger partial charge in [0, 0.05) is 6.42 Å². The number of carbonyl (C=O) groups is 3. The first-order chi connectivity index (χ1) is 12.3. The number of aryl methyl sites for hydroxylation is 2. The van der Waals surface area contributed by atoms with E-state index in [1.807, 2.05) is 0 Å². The number of rotatable bonds is 6. The molecule has 2 atom stereocenters. The molecule has 0 saturated carbocycles. The average molecular weight is 380 g/mol. The van der Waals surface area contributed by atoms with Gasteiger partial charge in [0.15, 0.2) is 0 Å². The number of amides is 2. The van der Waals surface area contributed by atoms with Crippen molar-refractivity contribution in [3.05, 3.63) is 28.8 Å². The standard InChI is InChI=1S/C19H28N2O6/c1-10-7-13(22)8-11(2)14(10)9-15(16(23)20-12(3)17(24)25)21-18(26)27-19(4,5)6/h7-8,12,15,22H,9H2,1-6H3,(H,20,23)(H,21,26)(H,24,25)/t12-,15?/m1/s1. The first-order valence-corrected chi connectivity index (χ1v) is 8.62. The van der Waals surface area contributed by atoms with Gasteiger partial charge in [0.25, 0.3) is 0 Å². The first kappa shape index (κ1) is 22.3. The van der Waals surface area contributed by atoms with Crippen LogP contribution in [0.15, 0.2) is 12.1 Å². The molecular formula is C19H28N2O6. The summed E-state index contributed by atoms with van der Waals surface area (Å²) in [6, 6.07) is 0.973. The number of hydrogen-bond donors (Lipinski definition) is 4. The normalized spacial score (nSPS) is 13.4. The van der Waals surface area contributed by atoms with Crippen LogP contribution in [0.25, 0.3) is 0 Å². The van der Waals surface area contributed by atoms with Gasteiger partial charge >= 0.3 is 12.1 Å². The molecule has 0 aliphatic carbocycles. The predicted octanol–water partition coefficient (Wildman–Crippen LogP) is 2.03. The number of phenols is 1. The number of nitrogens with one attached hydrogen (secondary N) is 2. The molecule has 0 spiro atoms. The number of benzene rings is 1. The lowest BCUT2D eigenvalue weighted by Crippen LogP contribution is -2.52. The lowest BCUT2D eigenvalue weighted by molar-refractivity contribution is -0.141. The van der Waals surface area contributed by atoms with Gasteiger partial charge in [-0.2, -0.15) is 0 Å². The summed E-state index contributed by atoms with van der Waals surface area (Å²) in [5.41, 5.74) is 1.53. The summed E-state index contributed by atoms with van der Waals surface area (Å²) in [5, 5.41) is 23.5. The maximum Gasteiger partial charge on any atom is 0.408 e. The molecule has 0 radical (unpaired) electrons. The van der Waals surface area contributed by atoms with Crippen LogP contribution in [-0.2, 0) is 20.7 Å². The third-order valence-corrected chi connectivity index (χ3v) is 3.83. The monoisotopic (exact) mass is 380 g/mol. The zero-order valence-electron chi connectivity index (χ0n) is 16.5. The van der Waals surface area contributed by atoms with E-state index in [1.165, 1.54) is 6.92 Å². The maximum atomic E-state index is 12.6. The zero-order valence-corrected chi connectivity index (χ0v) is 16.5. The van der Waals surface area contributed by atoms with Crippen molar-refractivity contribution in [1.82, 2.24) is 10.6 Å². The lowest BCUT2D eigenvalue weighted by Gasteiger charge is -2.25. The first-order valence-electron chi connectivity index (χ1n) is 8.62. The highest BCUT2D eigenvalue weighted by molar-refractivity contribution is 5.89. The van der Waals surface area contributed by atoms with E-state index in [0.717, 1.165) is 16.7 Å². The molecule has 4 N–H and O–H groups in total. The molecule has 8 heteroatoms. The molecule has 1 aromatic rings. The van der Waals surface area contributed by atoms with Gasteiger partial charge in [0.1, 0.15) is 23.4 Å². The van der Waals surface area contributed by atoms with Gasteiger partial charge in [-0.1, -0.05) is 0 Å². The number of carbonyl (C=O) groups excluding carboxylic acids is 2. The molecule has 0 fully saturated rings. The van der Waals surface area contributed by atoms with Crippen LogP contribution < -0.4 is 10.6 Å². The number of phenolic OH excluding ortho intramolecular Hbond substituents is 1. The number of hydrogen-bond acceptors (Lipinski definition) is 5. The van der Waals surface area contributed by atoms with Crippen LogP contribution in [0.3, 0.4) is 0 Å². The molecule has 1 aromatic carbocycles. The second kappa shape index (κ2) is 8.75. The molecule has 0 aliphatic heterocycles. The number of carboxylic acid groups (broad SMARTS) is 1. The molecule has 0 aliphatic rings. The predicted molar refractivity (Wildman–Crippen MR) is 99.7 cm³/mol. The van der Waals surface area contributed by atoms with Crippen molar-refractivity contribution >= 4 is 18.0 Å². The molecule has 150 valence electrons. The van der Waals surface area contributed by atoms with Crippen molar-refractivity contribution < 1.29 is 29.3 Å². The number of ether oxygens (including phenoxy) is 1. The summed E-state index contributed by atoms with van der Waals surface area (Å²) in [4.78, 5) is 35.7. The van der Waals surface area contributed by atoms with Crippen molar-refractivity contribution in [1.29, 1.82) is 0 Å². The molecule has 8 nitrogen and oxygen atoms in total. The number of alkyl carbamates (subject to hydrolysis) is 1. The largest absolute Gasteiger partial charge is 0.508 e. The quantitative estimate of drug-likeness (QED) is 0.598. The van der Waals surface area contributed by atoms with Crippen molar-refractivity contribution in [3.8, 4) is 5.75 Å². The molecule has 0 heterocycles. The Morgan fingerprint density at radius 2 is 1.63 bits per heavy atom. The van der Waals surface area contributed by atoms with E-state index in [4.69, 9.17) is 9.84 Å². The SMILES string of the molecule is Cc1cc(O)cc(C)c1CC(NC(=O)OC(C)(C)C)C(=O)N[C@H](C)C(=O)O. The van der Waals surface area contributed by atoms with E-state index in [1.54, 1.807) is 46.8 Å². The summed E-state index contributed by atoms with van der Waals surface area (Å²) >= 11 is 0. The number of aromatic hydroxyl groups is 1. The van der Waals surface area contributed by atoms with Gasteiger partial charge in [-0.25, -0.2) is 4.79 Å². The van der Waals surface area contributed by atoms with Crippen LogP contribution in [0, 0.1) is 13.8 Å². The van der Waals surface area contributed by atoms with Gasteiger partial charge in [0.2, 0.25) is 5.91 Å². The second-order valence-corrected chi connectivity index (χ2v) is 7.53. The van der Waals surface area contributed by atoms with Gasteiger partial charge in [0.05, 0.1) is 0 Å². The van der Waals surface area contributed by atoms with Crippen LogP contribution in [0.2, 0.25) is 0 Å². The highest BCUT2D eigenvalue weighted by Gasteiger charge is 2.27. The molecular weight excluding hydrogens is 352 g/mol. The highest BCUT2D eigenvalue weighted by Crippen LogP contribution is 2.22. The molecule has 0 saturated heterocycles. The summed E-state index contributed by atoms with van der Waals surface area (Å²) < 4.78 is 5.20. The Morgan fingerprint density at radius 3 is 2.07 bits per heavy atom. The zero-order chi connectivity index (χ0) is 20.9. The van der Waals surface area contributed by atoms with Crippen LogP contribution in [0.1, 0.15) is 44.4 Å². The van der Waals surface area contributed by atoms with E-state index >= 15 is 0 Å². The van der Waals surface area contributed by atoms with Gasteiger partial charge in [-0.3, -0.25) is 9.59 Å². The lowest BCUT2D eigenvalue weighted by atomic mass is 9.95. The average Bonchev–Trinajstić information content (AvgIpc) is 2.47. The molecule has 1 rings (SSSR count). The third-order valence-electron chi connectivity index (χ3n) is 3.83. The van der Waals surface area contributed by atoms with E-state index < -0.39 is 35.7 Å². The van der Waals surface area contributed by atoms with Gasteiger partial charge < -0.3 is 25.6 Å². The molecule has 27 heavy (non-hydrogen) atoms. The minimum absolute atomic E-state index is 0.106. The minimum Gasteiger partial charge on any atom is -0.508 e. The van der Waals surface area contributed by atoms with Crippen LogP contribution in [-0.4, -0.2) is 45.9 Å². The van der Waals surface area contributed by atoms with Crippen LogP contribution in [0.4, 0.5) is 4.79 Å². The minimum atomic E-state index is -1.18. The number of carboxylic acids is 1. The third kappa shape index (κ3) is 7.16. The van der Waals surface area contributed by atoms with Crippen molar-refractivity contribution in [3.63, 3.8) is 0 Å². The van der Waals surface area contributed by atoms with E-state index in [2.05, 4.69) is 10.6 Å². The Bertz CT molecular complexity index is 700. The van der Waals surface area contributed by atoms with Gasteiger partial charge in [-0.15, -0.1) is 0 Å². The molecule has 1 unspecified atom stereocenters. The topological polar surface area (TPSA) is 125 Å². The molecule has 2 amide bonds. The summed E-state index contributed by atoms with van der Waals surface area (Å²) in [7, 11) is 0.